The second-order valence-electron chi connectivity index (χ2n) is 12.5. The minimum atomic E-state index is -0.421. The fourth-order valence-corrected chi connectivity index (χ4v) is 4.95. The fourth-order valence-electron chi connectivity index (χ4n) is 4.95. The van der Waals surface area contributed by atoms with E-state index < -0.39 is 6.10 Å². The predicted octanol–water partition coefficient (Wildman–Crippen LogP) is 6.16. The van der Waals surface area contributed by atoms with Crippen LogP contribution in [0.3, 0.4) is 0 Å². The molecule has 0 aliphatic carbocycles. The zero-order chi connectivity index (χ0) is 28.3. The molecule has 0 rings (SSSR count). The Morgan fingerprint density at radius 3 is 1.36 bits per heavy atom. The highest BCUT2D eigenvalue weighted by molar-refractivity contribution is 5.72. The molecular weight excluding hydrogens is 510 g/mol. The first-order chi connectivity index (χ1) is 18.3. The van der Waals surface area contributed by atoms with Crippen LogP contribution in [0.2, 0.25) is 0 Å². The van der Waals surface area contributed by atoms with Gasteiger partial charge in [0.25, 0.3) is 0 Å². The van der Waals surface area contributed by atoms with Crippen LogP contribution in [-0.4, -0.2) is 56.8 Å². The molecular formula is C33H66ClNO4. The third-order valence-electron chi connectivity index (χ3n) is 7.19. The summed E-state index contributed by atoms with van der Waals surface area (Å²) in [7, 11) is 6.17. The minimum absolute atomic E-state index is 0. The number of hydrogen-bond acceptors (Lipinski definition) is 4. The van der Waals surface area contributed by atoms with Gasteiger partial charge in [-0.1, -0.05) is 136 Å². The summed E-state index contributed by atoms with van der Waals surface area (Å²) in [5.74, 6) is -0.427. The van der Waals surface area contributed by atoms with E-state index in [2.05, 4.69) is 35.0 Å². The topological polar surface area (TPSA) is 52.6 Å². The van der Waals surface area contributed by atoms with Gasteiger partial charge in [-0.25, -0.2) is 0 Å². The number of hydrogen-bond donors (Lipinski definition) is 0. The SMILES string of the molecule is CCCCCCCCCCCCCOC(=O)C[C@@H](C[N+](C)(C)C)OC(=O)CCCCCCCCCCCC.[Cl-]. The molecule has 0 fully saturated rings. The number of halogens is 1. The average Bonchev–Trinajstić information content (AvgIpc) is 2.84. The molecule has 0 spiro atoms. The number of ether oxygens (including phenoxy) is 2. The van der Waals surface area contributed by atoms with Crippen LogP contribution in [-0.2, 0) is 19.1 Å². The highest BCUT2D eigenvalue weighted by Crippen LogP contribution is 2.14. The first-order valence-electron chi connectivity index (χ1n) is 16.4. The van der Waals surface area contributed by atoms with E-state index in [1.165, 1.54) is 109 Å². The monoisotopic (exact) mass is 575 g/mol. The molecule has 0 radical (unpaired) electrons. The van der Waals surface area contributed by atoms with Gasteiger partial charge in [0.1, 0.15) is 6.54 Å². The van der Waals surface area contributed by atoms with Crippen molar-refractivity contribution in [2.75, 3.05) is 34.3 Å². The van der Waals surface area contributed by atoms with E-state index in [4.69, 9.17) is 9.47 Å². The summed E-state index contributed by atoms with van der Waals surface area (Å²) in [5, 5.41) is 0. The summed E-state index contributed by atoms with van der Waals surface area (Å²) in [4.78, 5) is 24.9. The zero-order valence-electron chi connectivity index (χ0n) is 26.7. The molecule has 6 heteroatoms. The van der Waals surface area contributed by atoms with Gasteiger partial charge in [0.2, 0.25) is 0 Å². The Balaban J connectivity index is 0. The Morgan fingerprint density at radius 1 is 0.564 bits per heavy atom. The molecule has 0 aromatic carbocycles. The van der Waals surface area contributed by atoms with Crippen molar-refractivity contribution in [2.45, 2.75) is 168 Å². The maximum absolute atomic E-state index is 12.4. The van der Waals surface area contributed by atoms with Crippen molar-refractivity contribution in [3.8, 4) is 0 Å². The van der Waals surface area contributed by atoms with Crippen LogP contribution in [0.5, 0.6) is 0 Å². The van der Waals surface area contributed by atoms with Crippen LogP contribution in [0, 0.1) is 0 Å². The lowest BCUT2D eigenvalue weighted by Gasteiger charge is -2.28. The standard InChI is InChI=1S/C33H66NO4.ClH/c1-6-8-10-12-14-16-18-20-22-24-26-28-37-33(36)29-31(30-34(3,4)5)38-32(35)27-25-23-21-19-17-15-13-11-9-7-2;/h31H,6-30H2,1-5H3;1H/q+1;/p-1/t31-;/m0./s1. The molecule has 0 bridgehead atoms. The molecule has 5 nitrogen and oxygen atoms in total. The van der Waals surface area contributed by atoms with Crippen LogP contribution in [0.1, 0.15) is 162 Å². The number of carbonyl (C=O) groups is 2. The first-order valence-corrected chi connectivity index (χ1v) is 16.4. The first kappa shape index (κ1) is 40.3. The summed E-state index contributed by atoms with van der Waals surface area (Å²) in [5.41, 5.74) is 0. The van der Waals surface area contributed by atoms with Gasteiger partial charge in [0, 0.05) is 6.42 Å². The zero-order valence-corrected chi connectivity index (χ0v) is 27.5. The van der Waals surface area contributed by atoms with Crippen molar-refractivity contribution in [1.82, 2.24) is 0 Å². The van der Waals surface area contributed by atoms with Crippen molar-refractivity contribution < 1.29 is 36.0 Å². The minimum Gasteiger partial charge on any atom is -1.00 e. The Morgan fingerprint density at radius 2 is 0.949 bits per heavy atom. The summed E-state index contributed by atoms with van der Waals surface area (Å²) < 4.78 is 11.9. The second-order valence-corrected chi connectivity index (χ2v) is 12.5. The lowest BCUT2D eigenvalue weighted by molar-refractivity contribution is -0.873. The molecule has 0 heterocycles. The maximum Gasteiger partial charge on any atom is 0.309 e. The van der Waals surface area contributed by atoms with E-state index in [0.717, 1.165) is 25.7 Å². The Kier molecular flexibility index (Phi) is 29.7. The molecule has 1 atom stereocenters. The van der Waals surface area contributed by atoms with E-state index in [1.54, 1.807) is 0 Å². The lowest BCUT2D eigenvalue weighted by atomic mass is 10.1. The Labute approximate surface area is 249 Å². The van der Waals surface area contributed by atoms with Crippen LogP contribution in [0.15, 0.2) is 0 Å². The molecule has 39 heavy (non-hydrogen) atoms. The summed E-state index contributed by atoms with van der Waals surface area (Å²) in [6.45, 7) is 5.59. The number of carbonyl (C=O) groups excluding carboxylic acids is 2. The molecule has 0 saturated carbocycles. The van der Waals surface area contributed by atoms with E-state index >= 15 is 0 Å². The van der Waals surface area contributed by atoms with Gasteiger partial charge in [-0.2, -0.15) is 0 Å². The molecule has 0 amide bonds. The van der Waals surface area contributed by atoms with Gasteiger partial charge in [-0.3, -0.25) is 9.59 Å². The molecule has 0 N–H and O–H groups in total. The smallest absolute Gasteiger partial charge is 0.309 e. The van der Waals surface area contributed by atoms with Crippen molar-refractivity contribution >= 4 is 11.9 Å². The number of rotatable bonds is 28. The van der Waals surface area contributed by atoms with Crippen molar-refractivity contribution in [3.05, 3.63) is 0 Å². The molecule has 0 unspecified atom stereocenters. The van der Waals surface area contributed by atoms with Gasteiger partial charge in [-0.15, -0.1) is 0 Å². The van der Waals surface area contributed by atoms with E-state index in [9.17, 15) is 9.59 Å². The van der Waals surface area contributed by atoms with Crippen molar-refractivity contribution in [3.63, 3.8) is 0 Å². The van der Waals surface area contributed by atoms with E-state index in [1.807, 2.05) is 0 Å². The highest BCUT2D eigenvalue weighted by atomic mass is 35.5. The molecule has 234 valence electrons. The third kappa shape index (κ3) is 31.6. The highest BCUT2D eigenvalue weighted by Gasteiger charge is 2.25. The lowest BCUT2D eigenvalue weighted by Crippen LogP contribution is -3.00. The van der Waals surface area contributed by atoms with Crippen LogP contribution < -0.4 is 12.4 Å². The summed E-state index contributed by atoms with van der Waals surface area (Å²) in [6.07, 6.45) is 26.6. The quantitative estimate of drug-likeness (QED) is 0.0636. The van der Waals surface area contributed by atoms with Gasteiger partial charge in [0.15, 0.2) is 6.10 Å². The Hall–Kier alpha value is -0.810. The van der Waals surface area contributed by atoms with Crippen LogP contribution >= 0.6 is 0 Å². The van der Waals surface area contributed by atoms with Crippen molar-refractivity contribution in [1.29, 1.82) is 0 Å². The van der Waals surface area contributed by atoms with E-state index in [-0.39, 0.29) is 30.8 Å². The van der Waals surface area contributed by atoms with Gasteiger partial charge in [-0.05, 0) is 12.8 Å². The fraction of sp³-hybridized carbons (Fsp3) is 0.939. The average molecular weight is 576 g/mol. The van der Waals surface area contributed by atoms with Gasteiger partial charge < -0.3 is 26.4 Å². The van der Waals surface area contributed by atoms with Gasteiger partial charge >= 0.3 is 11.9 Å². The molecule has 0 aliphatic heterocycles. The summed E-state index contributed by atoms with van der Waals surface area (Å²) in [6, 6.07) is 0. The maximum atomic E-state index is 12.4. The Bertz CT molecular complexity index is 550. The number of esters is 2. The second kappa shape index (κ2) is 28.7. The van der Waals surface area contributed by atoms with Crippen LogP contribution in [0.25, 0.3) is 0 Å². The predicted molar refractivity (Wildman–Crippen MR) is 161 cm³/mol. The third-order valence-corrected chi connectivity index (χ3v) is 7.19. The normalized spacial score (nSPS) is 12.1. The summed E-state index contributed by atoms with van der Waals surface area (Å²) >= 11 is 0. The molecule has 0 aromatic rings. The molecule has 0 saturated heterocycles. The van der Waals surface area contributed by atoms with Gasteiger partial charge in [0.05, 0.1) is 34.2 Å². The number of nitrogens with zero attached hydrogens (tertiary/aromatic N) is 1. The van der Waals surface area contributed by atoms with E-state index in [0.29, 0.717) is 24.1 Å². The molecule has 0 aliphatic rings. The molecule has 0 aromatic heterocycles. The van der Waals surface area contributed by atoms with Crippen LogP contribution in [0.4, 0.5) is 0 Å². The van der Waals surface area contributed by atoms with Crippen molar-refractivity contribution in [2.24, 2.45) is 0 Å². The largest absolute Gasteiger partial charge is 1.00 e. The number of unbranched alkanes of at least 4 members (excludes halogenated alkanes) is 19. The number of likely N-dealkylation sites (N-methyl/N-ethyl adjacent to an activating group) is 1. The number of quaternary nitrogens is 1.